The van der Waals surface area contributed by atoms with Crippen molar-refractivity contribution in [2.45, 2.75) is 31.0 Å². The van der Waals surface area contributed by atoms with Gasteiger partial charge in [-0.05, 0) is 49.2 Å². The minimum Gasteiger partial charge on any atom is -0.381 e. The molecule has 106 valence electrons. The monoisotopic (exact) mass is 293 g/mol. The van der Waals surface area contributed by atoms with Crippen molar-refractivity contribution in [2.75, 3.05) is 5.32 Å². The number of alkyl halides is 2. The molecule has 20 heavy (non-hydrogen) atoms. The summed E-state index contributed by atoms with van der Waals surface area (Å²) < 4.78 is 24.4. The molecule has 4 heteroatoms. The van der Waals surface area contributed by atoms with Crippen LogP contribution in [0.4, 0.5) is 14.5 Å². The molecule has 0 aromatic heterocycles. The number of benzene rings is 2. The smallest absolute Gasteiger partial charge is 0.288 e. The second-order valence-electron chi connectivity index (χ2n) is 4.69. The largest absolute Gasteiger partial charge is 0.381 e. The maximum Gasteiger partial charge on any atom is 0.288 e. The van der Waals surface area contributed by atoms with Crippen molar-refractivity contribution < 1.29 is 8.78 Å². The van der Waals surface area contributed by atoms with E-state index in [-0.39, 0.29) is 0 Å². The summed E-state index contributed by atoms with van der Waals surface area (Å²) >= 11 is 0.565. The molecule has 0 amide bonds. The van der Waals surface area contributed by atoms with Gasteiger partial charge in [-0.2, -0.15) is 8.78 Å². The quantitative estimate of drug-likeness (QED) is 0.757. The highest BCUT2D eigenvalue weighted by Gasteiger charge is 2.05. The molecule has 0 saturated carbocycles. The lowest BCUT2D eigenvalue weighted by Gasteiger charge is -2.10. The Kier molecular flexibility index (Phi) is 5.01. The molecule has 0 aliphatic heterocycles. The van der Waals surface area contributed by atoms with Gasteiger partial charge < -0.3 is 5.32 Å². The Hall–Kier alpha value is -1.55. The van der Waals surface area contributed by atoms with Gasteiger partial charge in [0.1, 0.15) is 0 Å². The number of halogens is 2. The molecule has 1 N–H and O–H groups in total. The lowest BCUT2D eigenvalue weighted by atomic mass is 10.1. The van der Waals surface area contributed by atoms with Crippen LogP contribution in [0.3, 0.4) is 0 Å². The third-order valence-corrected chi connectivity index (χ3v) is 3.78. The second-order valence-corrected chi connectivity index (χ2v) is 5.75. The Morgan fingerprint density at radius 3 is 2.35 bits per heavy atom. The summed E-state index contributed by atoms with van der Waals surface area (Å²) in [6, 6.07) is 13.4. The van der Waals surface area contributed by atoms with E-state index in [4.69, 9.17) is 0 Å². The standard InChI is InChI=1S/C16H17F2NS/c1-11-3-4-13(12(2)9-11)10-19-14-5-7-15(8-6-14)20-16(17)18/h3-9,16,19H,10H2,1-2H3. The van der Waals surface area contributed by atoms with E-state index in [1.54, 1.807) is 12.1 Å². The molecule has 0 aliphatic rings. The number of hydrogen-bond acceptors (Lipinski definition) is 2. The van der Waals surface area contributed by atoms with Gasteiger partial charge in [-0.3, -0.25) is 0 Å². The Labute approximate surface area is 122 Å². The van der Waals surface area contributed by atoms with Gasteiger partial charge in [-0.25, -0.2) is 0 Å². The summed E-state index contributed by atoms with van der Waals surface area (Å²) in [5, 5.41) is 3.31. The zero-order valence-corrected chi connectivity index (χ0v) is 12.3. The van der Waals surface area contributed by atoms with Crippen LogP contribution in [0.25, 0.3) is 0 Å². The van der Waals surface area contributed by atoms with Crippen molar-refractivity contribution in [3.63, 3.8) is 0 Å². The van der Waals surface area contributed by atoms with Crippen LogP contribution in [0.5, 0.6) is 0 Å². The Morgan fingerprint density at radius 2 is 1.75 bits per heavy atom. The topological polar surface area (TPSA) is 12.0 Å². The number of thioether (sulfide) groups is 1. The van der Waals surface area contributed by atoms with Crippen LogP contribution in [-0.2, 0) is 6.54 Å². The molecule has 0 aliphatic carbocycles. The van der Waals surface area contributed by atoms with E-state index < -0.39 is 5.76 Å². The van der Waals surface area contributed by atoms with Gasteiger partial charge in [0.05, 0.1) is 0 Å². The van der Waals surface area contributed by atoms with Gasteiger partial charge in [0, 0.05) is 17.1 Å². The molecule has 0 heterocycles. The van der Waals surface area contributed by atoms with Gasteiger partial charge in [0.25, 0.3) is 5.76 Å². The third kappa shape index (κ3) is 4.23. The number of aryl methyl sites for hydroxylation is 2. The maximum atomic E-state index is 12.2. The summed E-state index contributed by atoms with van der Waals surface area (Å²) in [7, 11) is 0. The number of nitrogens with one attached hydrogen (secondary N) is 1. The molecule has 0 spiro atoms. The van der Waals surface area contributed by atoms with Crippen LogP contribution in [-0.4, -0.2) is 5.76 Å². The zero-order chi connectivity index (χ0) is 14.5. The van der Waals surface area contributed by atoms with Crippen molar-refractivity contribution in [2.24, 2.45) is 0 Å². The molecular weight excluding hydrogens is 276 g/mol. The van der Waals surface area contributed by atoms with Crippen LogP contribution in [0.1, 0.15) is 16.7 Å². The van der Waals surface area contributed by atoms with Gasteiger partial charge in [-0.15, -0.1) is 0 Å². The molecule has 2 aromatic carbocycles. The van der Waals surface area contributed by atoms with Crippen molar-refractivity contribution in [1.29, 1.82) is 0 Å². The average Bonchev–Trinajstić information content (AvgIpc) is 2.39. The highest BCUT2D eigenvalue weighted by molar-refractivity contribution is 7.99. The van der Waals surface area contributed by atoms with Gasteiger partial charge in [0.15, 0.2) is 0 Å². The van der Waals surface area contributed by atoms with E-state index >= 15 is 0 Å². The maximum absolute atomic E-state index is 12.2. The Balaban J connectivity index is 1.96. The lowest BCUT2D eigenvalue weighted by molar-refractivity contribution is 0.252. The molecule has 1 nitrogen and oxygen atoms in total. The highest BCUT2D eigenvalue weighted by atomic mass is 32.2. The van der Waals surface area contributed by atoms with Crippen LogP contribution in [0, 0.1) is 13.8 Å². The van der Waals surface area contributed by atoms with E-state index in [9.17, 15) is 8.78 Å². The van der Waals surface area contributed by atoms with Crippen LogP contribution in [0.2, 0.25) is 0 Å². The Bertz CT molecular complexity index is 567. The highest BCUT2D eigenvalue weighted by Crippen LogP contribution is 2.26. The van der Waals surface area contributed by atoms with E-state index in [1.165, 1.54) is 16.7 Å². The van der Waals surface area contributed by atoms with Crippen molar-refractivity contribution in [1.82, 2.24) is 0 Å². The zero-order valence-electron chi connectivity index (χ0n) is 11.5. The minimum absolute atomic E-state index is 0.565. The summed E-state index contributed by atoms with van der Waals surface area (Å²) in [5.74, 6) is -2.37. The molecule has 0 fully saturated rings. The van der Waals surface area contributed by atoms with E-state index in [2.05, 4.69) is 37.4 Å². The van der Waals surface area contributed by atoms with Crippen molar-refractivity contribution in [3.8, 4) is 0 Å². The predicted molar refractivity (Wildman–Crippen MR) is 81.5 cm³/mol. The summed E-state index contributed by atoms with van der Waals surface area (Å²) in [4.78, 5) is 0.581. The second kappa shape index (κ2) is 6.75. The van der Waals surface area contributed by atoms with Gasteiger partial charge >= 0.3 is 0 Å². The first-order valence-corrected chi connectivity index (χ1v) is 7.27. The third-order valence-electron chi connectivity index (χ3n) is 3.06. The van der Waals surface area contributed by atoms with E-state index in [0.29, 0.717) is 16.7 Å². The molecule has 0 saturated heterocycles. The SMILES string of the molecule is Cc1ccc(CNc2ccc(SC(F)F)cc2)c(C)c1. The van der Waals surface area contributed by atoms with Crippen LogP contribution in [0.15, 0.2) is 47.4 Å². The summed E-state index contributed by atoms with van der Waals surface area (Å²) in [5.41, 5.74) is 4.67. The first kappa shape index (κ1) is 14.9. The average molecular weight is 293 g/mol. The summed E-state index contributed by atoms with van der Waals surface area (Å²) in [6.45, 7) is 4.89. The number of anilines is 1. The molecule has 0 radical (unpaired) electrons. The number of rotatable bonds is 5. The first-order chi connectivity index (χ1) is 9.54. The molecule has 0 atom stereocenters. The number of hydrogen-bond donors (Lipinski definition) is 1. The first-order valence-electron chi connectivity index (χ1n) is 6.39. The molecule has 2 aromatic rings. The van der Waals surface area contributed by atoms with Crippen molar-refractivity contribution in [3.05, 3.63) is 59.2 Å². The summed E-state index contributed by atoms with van der Waals surface area (Å²) in [6.07, 6.45) is 0. The Morgan fingerprint density at radius 1 is 1.05 bits per heavy atom. The van der Waals surface area contributed by atoms with Gasteiger partial charge in [0.2, 0.25) is 0 Å². The van der Waals surface area contributed by atoms with Gasteiger partial charge in [-0.1, -0.05) is 35.5 Å². The molecule has 2 rings (SSSR count). The van der Waals surface area contributed by atoms with Crippen LogP contribution < -0.4 is 5.32 Å². The van der Waals surface area contributed by atoms with Crippen molar-refractivity contribution >= 4 is 17.4 Å². The van der Waals surface area contributed by atoms with Crippen LogP contribution >= 0.6 is 11.8 Å². The molecular formula is C16H17F2NS. The fourth-order valence-electron chi connectivity index (χ4n) is 2.00. The molecule has 0 unspecified atom stereocenters. The fraction of sp³-hybridized carbons (Fsp3) is 0.250. The minimum atomic E-state index is -2.37. The molecule has 0 bridgehead atoms. The lowest BCUT2D eigenvalue weighted by Crippen LogP contribution is -2.01. The van der Waals surface area contributed by atoms with E-state index in [0.717, 1.165) is 12.2 Å². The fourth-order valence-corrected chi connectivity index (χ4v) is 2.49. The predicted octanol–water partition coefficient (Wildman–Crippen LogP) is 5.23. The van der Waals surface area contributed by atoms with E-state index in [1.807, 2.05) is 12.1 Å². The normalized spacial score (nSPS) is 10.8.